The van der Waals surface area contributed by atoms with Gasteiger partial charge in [-0.3, -0.25) is 5.10 Å². The molecule has 0 unspecified atom stereocenters. The number of amidine groups is 1. The van der Waals surface area contributed by atoms with Crippen molar-refractivity contribution in [3.63, 3.8) is 0 Å². The largest absolute Gasteiger partial charge is 0.265 e. The molecule has 1 N–H and O–H groups in total. The van der Waals surface area contributed by atoms with Gasteiger partial charge in [0.2, 0.25) is 11.7 Å². The quantitative estimate of drug-likeness (QED) is 0.573. The highest BCUT2D eigenvalue weighted by Crippen LogP contribution is 2.08. The van der Waals surface area contributed by atoms with E-state index >= 15 is 0 Å². The lowest BCUT2D eigenvalue weighted by molar-refractivity contribution is 0.566. The monoisotopic (exact) mass is 162 g/mol. The van der Waals surface area contributed by atoms with E-state index in [1.165, 1.54) is 12.3 Å². The van der Waals surface area contributed by atoms with Gasteiger partial charge in [0, 0.05) is 0 Å². The molecule has 1 aromatic heterocycles. The standard InChI is InChI=1S/C5H2N6O/c12-1-3-8-5(11-9-3)4-6-2-7-10-4/h2H,(H,6,7,10). The van der Waals surface area contributed by atoms with Gasteiger partial charge in [0.15, 0.2) is 5.94 Å². The highest BCUT2D eigenvalue weighted by Gasteiger charge is 2.13. The molecule has 1 aromatic rings. The van der Waals surface area contributed by atoms with Crippen molar-refractivity contribution < 1.29 is 4.79 Å². The Hall–Kier alpha value is -2.14. The Balaban J connectivity index is 2.41. The summed E-state index contributed by atoms with van der Waals surface area (Å²) in [5, 5.41) is 13.2. The number of rotatable bonds is 1. The van der Waals surface area contributed by atoms with Crippen LogP contribution in [0.1, 0.15) is 5.82 Å². The predicted molar refractivity (Wildman–Crippen MR) is 37.0 cm³/mol. The van der Waals surface area contributed by atoms with Crippen molar-refractivity contribution in [3.8, 4) is 0 Å². The minimum atomic E-state index is -0.0881. The third kappa shape index (κ3) is 0.938. The van der Waals surface area contributed by atoms with Gasteiger partial charge in [-0.25, -0.2) is 9.78 Å². The van der Waals surface area contributed by atoms with Crippen molar-refractivity contribution in [2.75, 3.05) is 0 Å². The molecule has 0 saturated carbocycles. The normalized spacial score (nSPS) is 14.7. The van der Waals surface area contributed by atoms with E-state index in [0.717, 1.165) is 0 Å². The Morgan fingerprint density at radius 2 is 2.33 bits per heavy atom. The first-order valence-electron chi connectivity index (χ1n) is 3.02. The van der Waals surface area contributed by atoms with Crippen molar-refractivity contribution in [2.24, 2.45) is 15.2 Å². The minimum Gasteiger partial charge on any atom is -0.265 e. The first-order chi connectivity index (χ1) is 5.90. The number of aromatic amines is 1. The molecule has 7 nitrogen and oxygen atoms in total. The number of azo groups is 1. The van der Waals surface area contributed by atoms with Gasteiger partial charge in [-0.05, 0) is 0 Å². The first-order valence-corrected chi connectivity index (χ1v) is 3.02. The molecule has 0 atom stereocenters. The van der Waals surface area contributed by atoms with Crippen LogP contribution in [0.3, 0.4) is 0 Å². The van der Waals surface area contributed by atoms with Gasteiger partial charge < -0.3 is 0 Å². The van der Waals surface area contributed by atoms with Gasteiger partial charge >= 0.3 is 0 Å². The topological polar surface area (TPSA) is 95.7 Å². The maximum absolute atomic E-state index is 10.1. The molecular weight excluding hydrogens is 160 g/mol. The lowest BCUT2D eigenvalue weighted by atomic mass is 10.6. The van der Waals surface area contributed by atoms with E-state index in [-0.39, 0.29) is 11.7 Å². The van der Waals surface area contributed by atoms with Crippen molar-refractivity contribution >= 4 is 11.8 Å². The number of aromatic nitrogens is 3. The maximum Gasteiger partial charge on any atom is 0.261 e. The van der Waals surface area contributed by atoms with Gasteiger partial charge in [-0.15, -0.1) is 10.2 Å². The van der Waals surface area contributed by atoms with Crippen LogP contribution in [0.4, 0.5) is 0 Å². The van der Waals surface area contributed by atoms with Crippen LogP contribution < -0.4 is 0 Å². The summed E-state index contributed by atoms with van der Waals surface area (Å²) in [6, 6.07) is 0. The Kier molecular flexibility index (Phi) is 1.36. The predicted octanol–water partition coefficient (Wildman–Crippen LogP) is -0.310. The Morgan fingerprint density at radius 1 is 1.42 bits per heavy atom. The lowest BCUT2D eigenvalue weighted by Gasteiger charge is -1.81. The Labute approximate surface area is 66.0 Å². The Morgan fingerprint density at radius 3 is 2.92 bits per heavy atom. The number of nitrogens with zero attached hydrogens (tertiary/aromatic N) is 5. The number of H-pyrrole nitrogens is 1. The molecule has 0 aliphatic carbocycles. The average Bonchev–Trinajstić information content (AvgIpc) is 2.75. The summed E-state index contributed by atoms with van der Waals surface area (Å²) in [7, 11) is 0. The second-order valence-corrected chi connectivity index (χ2v) is 1.88. The van der Waals surface area contributed by atoms with Crippen LogP contribution in [-0.4, -0.2) is 27.0 Å². The van der Waals surface area contributed by atoms with Crippen LogP contribution in [0.2, 0.25) is 0 Å². The maximum atomic E-state index is 10.1. The van der Waals surface area contributed by atoms with E-state index in [1.807, 2.05) is 0 Å². The summed E-state index contributed by atoms with van der Waals surface area (Å²) in [6.45, 7) is 0. The highest BCUT2D eigenvalue weighted by molar-refractivity contribution is 5.98. The lowest BCUT2D eigenvalue weighted by Crippen LogP contribution is -1.96. The van der Waals surface area contributed by atoms with Crippen molar-refractivity contribution in [1.82, 2.24) is 15.2 Å². The molecule has 0 saturated heterocycles. The SMILES string of the molecule is O=C=C1N=NC(c2nc[nH]n2)=N1. The molecule has 12 heavy (non-hydrogen) atoms. The second kappa shape index (κ2) is 2.48. The van der Waals surface area contributed by atoms with E-state index in [4.69, 9.17) is 0 Å². The van der Waals surface area contributed by atoms with Crippen molar-refractivity contribution in [2.45, 2.75) is 0 Å². The van der Waals surface area contributed by atoms with Crippen molar-refractivity contribution in [3.05, 3.63) is 18.0 Å². The molecular formula is C5H2N6O. The zero-order valence-corrected chi connectivity index (χ0v) is 5.72. The first kappa shape index (κ1) is 6.56. The molecule has 0 bridgehead atoms. The molecule has 0 aromatic carbocycles. The smallest absolute Gasteiger partial charge is 0.261 e. The fraction of sp³-hybridized carbons (Fsp3) is 0. The van der Waals surface area contributed by atoms with Crippen LogP contribution in [0.25, 0.3) is 0 Å². The van der Waals surface area contributed by atoms with E-state index in [9.17, 15) is 4.79 Å². The fourth-order valence-electron chi connectivity index (χ4n) is 0.694. The van der Waals surface area contributed by atoms with Crippen LogP contribution in [0.5, 0.6) is 0 Å². The third-order valence-electron chi connectivity index (χ3n) is 1.16. The van der Waals surface area contributed by atoms with Crippen LogP contribution in [-0.2, 0) is 4.79 Å². The van der Waals surface area contributed by atoms with Crippen molar-refractivity contribution in [1.29, 1.82) is 0 Å². The molecule has 0 amide bonds. The van der Waals surface area contributed by atoms with E-state index in [0.29, 0.717) is 5.82 Å². The number of aliphatic imine (C=N–C) groups is 1. The number of hydrogen-bond acceptors (Lipinski definition) is 6. The summed E-state index contributed by atoms with van der Waals surface area (Å²) < 4.78 is 0. The minimum absolute atomic E-state index is 0.0881. The molecule has 0 radical (unpaired) electrons. The van der Waals surface area contributed by atoms with E-state index < -0.39 is 0 Å². The van der Waals surface area contributed by atoms with Gasteiger partial charge in [0.25, 0.3) is 5.82 Å². The summed E-state index contributed by atoms with van der Waals surface area (Å²) in [4.78, 5) is 17.5. The summed E-state index contributed by atoms with van der Waals surface area (Å²) in [5.41, 5.74) is 0. The fourth-order valence-corrected chi connectivity index (χ4v) is 0.694. The summed E-state index contributed by atoms with van der Waals surface area (Å²) in [6.07, 6.45) is 1.38. The summed E-state index contributed by atoms with van der Waals surface area (Å²) in [5.74, 6) is 1.95. The van der Waals surface area contributed by atoms with E-state index in [1.54, 1.807) is 0 Å². The molecule has 1 aliphatic rings. The van der Waals surface area contributed by atoms with Crippen LogP contribution in [0.15, 0.2) is 27.4 Å². The Bertz CT molecular complexity index is 396. The second-order valence-electron chi connectivity index (χ2n) is 1.88. The molecule has 7 heteroatoms. The number of hydrogen-bond donors (Lipinski definition) is 1. The zero-order valence-electron chi connectivity index (χ0n) is 5.72. The average molecular weight is 162 g/mol. The highest BCUT2D eigenvalue weighted by atomic mass is 16.1. The molecule has 0 spiro atoms. The van der Waals surface area contributed by atoms with E-state index in [2.05, 4.69) is 30.4 Å². The zero-order chi connectivity index (χ0) is 8.39. The molecule has 58 valence electrons. The van der Waals surface area contributed by atoms with Crippen LogP contribution >= 0.6 is 0 Å². The molecule has 2 rings (SSSR count). The third-order valence-corrected chi connectivity index (χ3v) is 1.16. The number of carbonyl (C=O) groups excluding carboxylic acids is 1. The van der Waals surface area contributed by atoms with Gasteiger partial charge in [0.1, 0.15) is 6.33 Å². The van der Waals surface area contributed by atoms with Gasteiger partial charge in [0.05, 0.1) is 0 Å². The molecule has 2 heterocycles. The van der Waals surface area contributed by atoms with Crippen LogP contribution in [0, 0.1) is 0 Å². The van der Waals surface area contributed by atoms with Gasteiger partial charge in [-0.2, -0.15) is 10.1 Å². The summed E-state index contributed by atoms with van der Waals surface area (Å²) >= 11 is 0. The molecule has 1 aliphatic heterocycles. The number of nitrogens with one attached hydrogen (secondary N) is 1. The van der Waals surface area contributed by atoms with Gasteiger partial charge in [-0.1, -0.05) is 0 Å². The molecule has 0 fully saturated rings.